The highest BCUT2D eigenvalue weighted by Gasteiger charge is 2.17. The highest BCUT2D eigenvalue weighted by molar-refractivity contribution is 9.10. The summed E-state index contributed by atoms with van der Waals surface area (Å²) >= 11 is 3.34. The first kappa shape index (κ1) is 16.5. The summed E-state index contributed by atoms with van der Waals surface area (Å²) in [6.07, 6.45) is 0.218. The van der Waals surface area contributed by atoms with Crippen LogP contribution in [0.5, 0.6) is 5.75 Å². The zero-order valence-corrected chi connectivity index (χ0v) is 13.1. The molecule has 0 saturated heterocycles. The molecule has 0 fully saturated rings. The molecule has 1 rings (SSSR count). The van der Waals surface area contributed by atoms with Crippen LogP contribution in [0.4, 0.5) is 0 Å². The van der Waals surface area contributed by atoms with Gasteiger partial charge in [-0.15, -0.1) is 0 Å². The lowest BCUT2D eigenvalue weighted by atomic mass is 10.2. The third-order valence-electron chi connectivity index (χ3n) is 2.78. The Balaban J connectivity index is 2.34. The van der Waals surface area contributed by atoms with Crippen LogP contribution in [-0.2, 0) is 9.59 Å². The molecular weight excluding hydrogens is 326 g/mol. The van der Waals surface area contributed by atoms with E-state index in [4.69, 9.17) is 9.84 Å². The maximum absolute atomic E-state index is 11.8. The Hall–Kier alpha value is -1.56. The van der Waals surface area contributed by atoms with Crippen LogP contribution in [0.1, 0.15) is 13.3 Å². The van der Waals surface area contributed by atoms with Crippen molar-refractivity contribution in [1.29, 1.82) is 0 Å². The highest BCUT2D eigenvalue weighted by Crippen LogP contribution is 2.17. The van der Waals surface area contributed by atoms with Crippen molar-refractivity contribution >= 4 is 27.8 Å². The van der Waals surface area contributed by atoms with Gasteiger partial charge < -0.3 is 14.7 Å². The van der Waals surface area contributed by atoms with Gasteiger partial charge in [0.25, 0.3) is 0 Å². The number of nitrogens with zero attached hydrogens (tertiary/aromatic N) is 1. The Bertz CT molecular complexity index is 478. The summed E-state index contributed by atoms with van der Waals surface area (Å²) in [5.41, 5.74) is 0. The lowest BCUT2D eigenvalue weighted by Gasteiger charge is -2.19. The number of carboxylic acid groups (broad SMARTS) is 1. The molecule has 1 unspecified atom stereocenters. The van der Waals surface area contributed by atoms with Crippen LogP contribution in [0.25, 0.3) is 0 Å². The predicted octanol–water partition coefficient (Wildman–Crippen LogP) is 2.40. The van der Waals surface area contributed by atoms with E-state index >= 15 is 0 Å². The SMILES string of the molecule is CC(CN(C)C(=O)CCOc1cccc(Br)c1)C(=O)O. The summed E-state index contributed by atoms with van der Waals surface area (Å²) < 4.78 is 6.38. The third kappa shape index (κ3) is 5.61. The lowest BCUT2D eigenvalue weighted by molar-refractivity contribution is -0.142. The second-order valence-corrected chi connectivity index (χ2v) is 5.49. The van der Waals surface area contributed by atoms with Crippen molar-refractivity contribution in [3.63, 3.8) is 0 Å². The molecule has 5 nitrogen and oxygen atoms in total. The number of hydrogen-bond donors (Lipinski definition) is 1. The molecule has 1 amide bonds. The van der Waals surface area contributed by atoms with Crippen LogP contribution >= 0.6 is 15.9 Å². The van der Waals surface area contributed by atoms with Crippen molar-refractivity contribution in [3.05, 3.63) is 28.7 Å². The van der Waals surface area contributed by atoms with E-state index in [-0.39, 0.29) is 25.5 Å². The normalized spacial score (nSPS) is 11.8. The molecule has 0 heterocycles. The Morgan fingerprint density at radius 2 is 2.15 bits per heavy atom. The number of carbonyl (C=O) groups excluding carboxylic acids is 1. The van der Waals surface area contributed by atoms with Gasteiger partial charge in [-0.2, -0.15) is 0 Å². The Morgan fingerprint density at radius 1 is 1.45 bits per heavy atom. The van der Waals surface area contributed by atoms with Crippen LogP contribution in [0.2, 0.25) is 0 Å². The van der Waals surface area contributed by atoms with Gasteiger partial charge in [0.2, 0.25) is 5.91 Å². The number of carboxylic acids is 1. The summed E-state index contributed by atoms with van der Waals surface area (Å²) in [7, 11) is 1.60. The maximum Gasteiger partial charge on any atom is 0.308 e. The molecule has 0 aliphatic heterocycles. The summed E-state index contributed by atoms with van der Waals surface area (Å²) in [4.78, 5) is 23.9. The monoisotopic (exact) mass is 343 g/mol. The van der Waals surface area contributed by atoms with E-state index in [9.17, 15) is 9.59 Å². The minimum Gasteiger partial charge on any atom is -0.493 e. The van der Waals surface area contributed by atoms with Crippen molar-refractivity contribution in [2.24, 2.45) is 5.92 Å². The van der Waals surface area contributed by atoms with Crippen molar-refractivity contribution in [2.75, 3.05) is 20.2 Å². The van der Waals surface area contributed by atoms with Gasteiger partial charge in [-0.25, -0.2) is 0 Å². The number of carbonyl (C=O) groups is 2. The average Bonchev–Trinajstić information content (AvgIpc) is 2.38. The number of hydrogen-bond acceptors (Lipinski definition) is 3. The molecular formula is C14H18BrNO4. The summed E-state index contributed by atoms with van der Waals surface area (Å²) in [5.74, 6) is -0.924. The second kappa shape index (κ2) is 7.89. The second-order valence-electron chi connectivity index (χ2n) is 4.57. The van der Waals surface area contributed by atoms with Gasteiger partial charge in [0.05, 0.1) is 18.9 Å². The summed E-state index contributed by atoms with van der Waals surface area (Å²) in [6, 6.07) is 7.37. The van der Waals surface area contributed by atoms with Crippen molar-refractivity contribution in [3.8, 4) is 5.75 Å². The molecule has 20 heavy (non-hydrogen) atoms. The molecule has 0 aliphatic rings. The van der Waals surface area contributed by atoms with Gasteiger partial charge in [-0.3, -0.25) is 9.59 Å². The van der Waals surface area contributed by atoms with E-state index in [2.05, 4.69) is 15.9 Å². The molecule has 1 aromatic rings. The molecule has 0 bridgehead atoms. The van der Waals surface area contributed by atoms with Crippen molar-refractivity contribution in [2.45, 2.75) is 13.3 Å². The number of aliphatic carboxylic acids is 1. The first-order chi connectivity index (χ1) is 9.40. The molecule has 0 radical (unpaired) electrons. The molecule has 0 aliphatic carbocycles. The van der Waals surface area contributed by atoms with Crippen LogP contribution in [0.3, 0.4) is 0 Å². The number of halogens is 1. The fraction of sp³-hybridized carbons (Fsp3) is 0.429. The number of rotatable bonds is 7. The quantitative estimate of drug-likeness (QED) is 0.825. The van der Waals surface area contributed by atoms with E-state index in [0.717, 1.165) is 4.47 Å². The maximum atomic E-state index is 11.8. The Morgan fingerprint density at radius 3 is 2.75 bits per heavy atom. The van der Waals surface area contributed by atoms with Gasteiger partial charge in [0.1, 0.15) is 5.75 Å². The van der Waals surface area contributed by atoms with Gasteiger partial charge in [-0.05, 0) is 18.2 Å². The molecule has 110 valence electrons. The molecule has 0 aromatic heterocycles. The topological polar surface area (TPSA) is 66.8 Å². The van der Waals surface area contributed by atoms with Gasteiger partial charge in [-0.1, -0.05) is 28.9 Å². The van der Waals surface area contributed by atoms with Crippen LogP contribution in [0, 0.1) is 5.92 Å². The van der Waals surface area contributed by atoms with E-state index in [0.29, 0.717) is 5.75 Å². The fourth-order valence-corrected chi connectivity index (χ4v) is 1.97. The average molecular weight is 344 g/mol. The highest BCUT2D eigenvalue weighted by atomic mass is 79.9. The first-order valence-electron chi connectivity index (χ1n) is 6.25. The number of amides is 1. The molecule has 6 heteroatoms. The summed E-state index contributed by atoms with van der Waals surface area (Å²) in [6.45, 7) is 2.04. The van der Waals surface area contributed by atoms with E-state index in [1.54, 1.807) is 14.0 Å². The lowest BCUT2D eigenvalue weighted by Crippen LogP contribution is -2.34. The summed E-state index contributed by atoms with van der Waals surface area (Å²) in [5, 5.41) is 8.80. The van der Waals surface area contributed by atoms with Crippen LogP contribution in [-0.4, -0.2) is 42.1 Å². The molecule has 0 saturated carbocycles. The number of ether oxygens (including phenoxy) is 1. The predicted molar refractivity (Wildman–Crippen MR) is 78.7 cm³/mol. The minimum absolute atomic E-state index is 0.131. The smallest absolute Gasteiger partial charge is 0.308 e. The van der Waals surface area contributed by atoms with Crippen molar-refractivity contribution in [1.82, 2.24) is 4.90 Å². The first-order valence-corrected chi connectivity index (χ1v) is 7.04. The third-order valence-corrected chi connectivity index (χ3v) is 3.27. The number of benzene rings is 1. The van der Waals surface area contributed by atoms with Gasteiger partial charge in [0, 0.05) is 18.1 Å². The van der Waals surface area contributed by atoms with Gasteiger partial charge in [0.15, 0.2) is 0 Å². The van der Waals surface area contributed by atoms with E-state index < -0.39 is 11.9 Å². The molecule has 1 atom stereocenters. The van der Waals surface area contributed by atoms with Gasteiger partial charge >= 0.3 is 5.97 Å². The standard InChI is InChI=1S/C14H18BrNO4/c1-10(14(18)19)9-16(2)13(17)6-7-20-12-5-3-4-11(15)8-12/h3-5,8,10H,6-7,9H2,1-2H3,(H,18,19). The Kier molecular flexibility index (Phi) is 6.51. The fourth-order valence-electron chi connectivity index (χ4n) is 1.59. The van der Waals surface area contributed by atoms with Crippen LogP contribution < -0.4 is 4.74 Å². The Labute approximate surface area is 126 Å². The molecule has 1 aromatic carbocycles. The van der Waals surface area contributed by atoms with Crippen molar-refractivity contribution < 1.29 is 19.4 Å². The zero-order valence-electron chi connectivity index (χ0n) is 11.5. The van der Waals surface area contributed by atoms with E-state index in [1.807, 2.05) is 24.3 Å². The molecule has 0 spiro atoms. The molecule has 1 N–H and O–H groups in total. The minimum atomic E-state index is -0.907. The van der Waals surface area contributed by atoms with E-state index in [1.165, 1.54) is 4.90 Å². The zero-order chi connectivity index (χ0) is 15.1. The largest absolute Gasteiger partial charge is 0.493 e. The van der Waals surface area contributed by atoms with Crippen LogP contribution in [0.15, 0.2) is 28.7 Å².